The molecule has 3 heteroatoms. The predicted octanol–water partition coefficient (Wildman–Crippen LogP) is -2.41. The summed E-state index contributed by atoms with van der Waals surface area (Å²) in [6.07, 6.45) is 18.9. The fourth-order valence-electron chi connectivity index (χ4n) is 3.12. The summed E-state index contributed by atoms with van der Waals surface area (Å²) in [5.74, 6) is 2.58. The fraction of sp³-hybridized carbons (Fsp3) is 0.429. The van der Waals surface area contributed by atoms with Gasteiger partial charge in [0.2, 0.25) is 0 Å². The average Bonchev–Trinajstić information content (AvgIpc) is 2.87. The van der Waals surface area contributed by atoms with Crippen LogP contribution in [0.2, 0.25) is 3.67 Å². The molecule has 0 aliphatic heterocycles. The summed E-state index contributed by atoms with van der Waals surface area (Å²) in [5.41, 5.74) is 1.70. The fourth-order valence-corrected chi connectivity index (χ4v) is 5.67. The Balaban J connectivity index is 0.000000722. The van der Waals surface area contributed by atoms with Crippen LogP contribution in [0, 0.1) is 17.8 Å². The van der Waals surface area contributed by atoms with E-state index in [1.54, 1.807) is 5.57 Å². The summed E-state index contributed by atoms with van der Waals surface area (Å²) in [6.45, 7) is 0. The maximum absolute atomic E-state index is 2.45. The Labute approximate surface area is 139 Å². The Morgan fingerprint density at radius 3 is 2.47 bits per heavy atom. The summed E-state index contributed by atoms with van der Waals surface area (Å²) < 4.78 is 0.961. The van der Waals surface area contributed by atoms with Gasteiger partial charge < -0.3 is 34.0 Å². The van der Waals surface area contributed by atoms with Gasteiger partial charge >= 0.3 is 107 Å². The van der Waals surface area contributed by atoms with Crippen LogP contribution in [-0.2, 0) is 24.4 Å². The molecule has 1 fully saturated rings. The first kappa shape index (κ1) is 15.8. The molecule has 0 spiro atoms. The normalized spacial score (nSPS) is 37.2. The molecule has 0 aromatic carbocycles. The molecule has 0 heterocycles. The van der Waals surface area contributed by atoms with Crippen LogP contribution in [-0.4, -0.2) is 0 Å². The van der Waals surface area contributed by atoms with Crippen molar-refractivity contribution in [1.29, 1.82) is 0 Å². The van der Waals surface area contributed by atoms with Crippen molar-refractivity contribution < 1.29 is 58.3 Å². The van der Waals surface area contributed by atoms with E-state index in [0.29, 0.717) is 0 Å². The third-order valence-corrected chi connectivity index (χ3v) is 6.78. The molecule has 0 N–H and O–H groups in total. The molecule has 0 amide bonds. The van der Waals surface area contributed by atoms with Gasteiger partial charge in [-0.15, -0.1) is 0 Å². The van der Waals surface area contributed by atoms with Gasteiger partial charge in [0.1, 0.15) is 0 Å². The summed E-state index contributed by atoms with van der Waals surface area (Å²) >= 11 is 1.34. The Hall–Kier alpha value is 0.790. The molecule has 89 valence electrons. The van der Waals surface area contributed by atoms with Crippen molar-refractivity contribution in [2.45, 2.75) is 16.5 Å². The van der Waals surface area contributed by atoms with E-state index in [9.17, 15) is 0 Å². The van der Waals surface area contributed by atoms with Crippen molar-refractivity contribution in [2.75, 3.05) is 0 Å². The molecule has 0 saturated heterocycles. The van der Waals surface area contributed by atoms with Crippen molar-refractivity contribution in [2.24, 2.45) is 17.8 Å². The number of hydrogen-bond donors (Lipinski definition) is 0. The molecular weight excluding hydrogens is 506 g/mol. The number of hydrogen-bond acceptors (Lipinski definition) is 0. The third kappa shape index (κ3) is 3.03. The van der Waals surface area contributed by atoms with Crippen LogP contribution in [0.25, 0.3) is 0 Å². The summed E-state index contributed by atoms with van der Waals surface area (Å²) in [6, 6.07) is 0. The van der Waals surface area contributed by atoms with E-state index >= 15 is 0 Å². The third-order valence-electron chi connectivity index (χ3n) is 3.95. The predicted molar refractivity (Wildman–Crippen MR) is 59.0 cm³/mol. The van der Waals surface area contributed by atoms with Gasteiger partial charge in [0.05, 0.1) is 0 Å². The molecule has 0 aromatic rings. The van der Waals surface area contributed by atoms with E-state index in [4.69, 9.17) is 0 Å². The van der Waals surface area contributed by atoms with E-state index in [-0.39, 0.29) is 34.0 Å². The van der Waals surface area contributed by atoms with E-state index < -0.39 is 0 Å². The standard InChI is InChI=1S/C14H15.2BrH.Hf/c1-2-6-11(5-1)14-9-12-7-3-4-8-13(12)10-14;;;/h1-5,7-9,12-14H,6,10H2;2*1H;/q;;;+2/p-2. The van der Waals surface area contributed by atoms with Gasteiger partial charge in [-0.05, 0) is 0 Å². The van der Waals surface area contributed by atoms with Gasteiger partial charge in [-0.3, -0.25) is 0 Å². The molecule has 0 radical (unpaired) electrons. The summed E-state index contributed by atoms with van der Waals surface area (Å²) in [5, 5.41) is 0. The number of allylic oxidation sites excluding steroid dienone is 8. The van der Waals surface area contributed by atoms with Gasteiger partial charge in [0.15, 0.2) is 0 Å². The zero-order valence-corrected chi connectivity index (χ0v) is 16.3. The molecule has 0 aromatic heterocycles. The minimum absolute atomic E-state index is 0. The first-order valence-electron chi connectivity index (χ1n) is 5.78. The van der Waals surface area contributed by atoms with Crippen molar-refractivity contribution in [3.63, 3.8) is 0 Å². The van der Waals surface area contributed by atoms with Crippen LogP contribution in [0.15, 0.2) is 48.1 Å². The first-order chi connectivity index (χ1) is 7.36. The topological polar surface area (TPSA) is 0 Å². The SMILES string of the molecule is [Br-].[Br-].[Hf+2][CH]1C(C2=CC=CC2)CC2C=CC=CC21. The molecule has 3 rings (SSSR count). The summed E-state index contributed by atoms with van der Waals surface area (Å²) in [4.78, 5) is 0. The van der Waals surface area contributed by atoms with Crippen LogP contribution in [0.1, 0.15) is 12.8 Å². The molecule has 0 nitrogen and oxygen atoms in total. The number of rotatable bonds is 1. The Kier molecular flexibility index (Phi) is 6.35. The van der Waals surface area contributed by atoms with E-state index in [2.05, 4.69) is 42.5 Å². The molecule has 1 saturated carbocycles. The second-order valence-electron chi connectivity index (χ2n) is 4.75. The monoisotopic (exact) mass is 521 g/mol. The average molecular weight is 522 g/mol. The molecule has 4 unspecified atom stereocenters. The maximum atomic E-state index is 2.45. The van der Waals surface area contributed by atoms with Crippen LogP contribution >= 0.6 is 0 Å². The van der Waals surface area contributed by atoms with Gasteiger partial charge in [-0.1, -0.05) is 0 Å². The zero-order chi connectivity index (χ0) is 10.3. The van der Waals surface area contributed by atoms with Crippen molar-refractivity contribution >= 4 is 0 Å². The van der Waals surface area contributed by atoms with E-state index in [0.717, 1.165) is 21.4 Å². The first-order valence-corrected chi connectivity index (χ1v) is 7.85. The Morgan fingerprint density at radius 1 is 1.06 bits per heavy atom. The quantitative estimate of drug-likeness (QED) is 0.338. The van der Waals surface area contributed by atoms with Crippen LogP contribution in [0.5, 0.6) is 0 Å². The molecule has 3 aliphatic carbocycles. The van der Waals surface area contributed by atoms with Crippen LogP contribution in [0.3, 0.4) is 0 Å². The van der Waals surface area contributed by atoms with Gasteiger partial charge in [0, 0.05) is 0 Å². The van der Waals surface area contributed by atoms with Gasteiger partial charge in [0.25, 0.3) is 0 Å². The van der Waals surface area contributed by atoms with Crippen molar-refractivity contribution in [3.05, 3.63) is 48.1 Å². The van der Waals surface area contributed by atoms with Crippen molar-refractivity contribution in [1.82, 2.24) is 0 Å². The van der Waals surface area contributed by atoms with Crippen molar-refractivity contribution in [3.8, 4) is 0 Å². The second-order valence-corrected chi connectivity index (χ2v) is 7.15. The number of halogens is 2. The molecule has 17 heavy (non-hydrogen) atoms. The second kappa shape index (κ2) is 6.81. The van der Waals surface area contributed by atoms with E-state index in [1.807, 2.05) is 0 Å². The number of fused-ring (bicyclic) bond motifs is 1. The minimum atomic E-state index is 0. The zero-order valence-electron chi connectivity index (χ0n) is 9.52. The molecule has 0 bridgehead atoms. The Morgan fingerprint density at radius 2 is 1.82 bits per heavy atom. The molecule has 3 aliphatic rings. The van der Waals surface area contributed by atoms with E-state index in [1.165, 1.54) is 37.2 Å². The molecular formula is C14H15Br2Hf. The molecule has 4 atom stereocenters. The van der Waals surface area contributed by atoms with Gasteiger partial charge in [-0.2, -0.15) is 0 Å². The van der Waals surface area contributed by atoms with Crippen LogP contribution in [0.4, 0.5) is 0 Å². The summed E-state index contributed by atoms with van der Waals surface area (Å²) in [7, 11) is 0. The van der Waals surface area contributed by atoms with Gasteiger partial charge in [-0.25, -0.2) is 0 Å². The Bertz CT molecular complexity index is 382. The van der Waals surface area contributed by atoms with Crippen LogP contribution < -0.4 is 34.0 Å².